The van der Waals surface area contributed by atoms with Gasteiger partial charge in [-0.2, -0.15) is 0 Å². The third-order valence-electron chi connectivity index (χ3n) is 4.47. The summed E-state index contributed by atoms with van der Waals surface area (Å²) in [7, 11) is 0. The van der Waals surface area contributed by atoms with Gasteiger partial charge in [0.25, 0.3) is 0 Å². The summed E-state index contributed by atoms with van der Waals surface area (Å²) in [5.74, 6) is 1.76. The van der Waals surface area contributed by atoms with Crippen LogP contribution in [-0.2, 0) is 0 Å². The number of nitrogens with zero attached hydrogens (tertiary/aromatic N) is 1. The standard InChI is InChI=1S/C15H30N2/c1-13-6-7-15(10-13)16-11-14(2)12-17-8-4-3-5-9-17/h13-16H,3-12H2,1-2H3. The Morgan fingerprint density at radius 3 is 2.59 bits per heavy atom. The van der Waals surface area contributed by atoms with Gasteiger partial charge < -0.3 is 10.2 Å². The first-order valence-corrected chi connectivity index (χ1v) is 7.70. The molecule has 2 nitrogen and oxygen atoms in total. The van der Waals surface area contributed by atoms with Crippen molar-refractivity contribution in [3.63, 3.8) is 0 Å². The van der Waals surface area contributed by atoms with Crippen LogP contribution in [0, 0.1) is 11.8 Å². The number of nitrogens with one attached hydrogen (secondary N) is 1. The highest BCUT2D eigenvalue weighted by Gasteiger charge is 2.21. The average molecular weight is 238 g/mol. The quantitative estimate of drug-likeness (QED) is 0.792. The molecule has 2 heteroatoms. The highest BCUT2D eigenvalue weighted by molar-refractivity contribution is 4.79. The predicted molar refractivity (Wildman–Crippen MR) is 74.3 cm³/mol. The van der Waals surface area contributed by atoms with Gasteiger partial charge in [-0.1, -0.05) is 20.3 Å². The van der Waals surface area contributed by atoms with Crippen molar-refractivity contribution in [2.45, 2.75) is 58.4 Å². The monoisotopic (exact) mass is 238 g/mol. The van der Waals surface area contributed by atoms with Gasteiger partial charge in [0.1, 0.15) is 0 Å². The van der Waals surface area contributed by atoms with E-state index >= 15 is 0 Å². The molecule has 3 atom stereocenters. The largest absolute Gasteiger partial charge is 0.314 e. The molecule has 0 aromatic rings. The first-order valence-electron chi connectivity index (χ1n) is 7.70. The molecule has 0 aromatic heterocycles. The topological polar surface area (TPSA) is 15.3 Å². The zero-order valence-electron chi connectivity index (χ0n) is 11.8. The minimum Gasteiger partial charge on any atom is -0.314 e. The SMILES string of the molecule is CC1CCC(NCC(C)CN2CCCCC2)C1. The second-order valence-corrected chi connectivity index (χ2v) is 6.49. The van der Waals surface area contributed by atoms with E-state index in [9.17, 15) is 0 Å². The minimum absolute atomic E-state index is 0.809. The second-order valence-electron chi connectivity index (χ2n) is 6.49. The number of piperidine rings is 1. The molecule has 1 saturated carbocycles. The van der Waals surface area contributed by atoms with Crippen LogP contribution in [0.15, 0.2) is 0 Å². The molecule has 2 rings (SSSR count). The second kappa shape index (κ2) is 6.75. The van der Waals surface area contributed by atoms with Crippen LogP contribution < -0.4 is 5.32 Å². The Morgan fingerprint density at radius 1 is 1.18 bits per heavy atom. The molecular formula is C15H30N2. The molecule has 1 aliphatic heterocycles. The lowest BCUT2D eigenvalue weighted by Crippen LogP contribution is -2.38. The molecule has 2 fully saturated rings. The maximum Gasteiger partial charge on any atom is 0.00698 e. The molecular weight excluding hydrogens is 208 g/mol. The van der Waals surface area contributed by atoms with E-state index in [1.807, 2.05) is 0 Å². The number of hydrogen-bond donors (Lipinski definition) is 1. The van der Waals surface area contributed by atoms with Gasteiger partial charge in [0.05, 0.1) is 0 Å². The summed E-state index contributed by atoms with van der Waals surface area (Å²) in [4.78, 5) is 2.66. The van der Waals surface area contributed by atoms with E-state index in [0.29, 0.717) is 0 Å². The Bertz CT molecular complexity index is 211. The lowest BCUT2D eigenvalue weighted by Gasteiger charge is -2.29. The molecule has 0 aromatic carbocycles. The van der Waals surface area contributed by atoms with E-state index in [2.05, 4.69) is 24.1 Å². The van der Waals surface area contributed by atoms with Crippen LogP contribution in [0.1, 0.15) is 52.4 Å². The smallest absolute Gasteiger partial charge is 0.00698 e. The third kappa shape index (κ3) is 4.59. The van der Waals surface area contributed by atoms with E-state index in [-0.39, 0.29) is 0 Å². The minimum atomic E-state index is 0.809. The highest BCUT2D eigenvalue weighted by atomic mass is 15.1. The molecule has 3 unspecified atom stereocenters. The van der Waals surface area contributed by atoms with E-state index in [0.717, 1.165) is 17.9 Å². The number of hydrogen-bond acceptors (Lipinski definition) is 2. The summed E-state index contributed by atoms with van der Waals surface area (Å²) in [5, 5.41) is 3.77. The van der Waals surface area contributed by atoms with Crippen LogP contribution in [0.2, 0.25) is 0 Å². The van der Waals surface area contributed by atoms with Crippen molar-refractivity contribution in [3.8, 4) is 0 Å². The van der Waals surface area contributed by atoms with Crippen molar-refractivity contribution in [1.82, 2.24) is 10.2 Å². The predicted octanol–water partition coefficient (Wildman–Crippen LogP) is 2.89. The van der Waals surface area contributed by atoms with Gasteiger partial charge in [-0.05, 0) is 63.6 Å². The first kappa shape index (κ1) is 13.4. The van der Waals surface area contributed by atoms with E-state index in [1.54, 1.807) is 0 Å². The molecule has 1 N–H and O–H groups in total. The lowest BCUT2D eigenvalue weighted by molar-refractivity contribution is 0.197. The van der Waals surface area contributed by atoms with Crippen molar-refractivity contribution in [2.75, 3.05) is 26.2 Å². The van der Waals surface area contributed by atoms with Crippen LogP contribution in [0.4, 0.5) is 0 Å². The lowest BCUT2D eigenvalue weighted by atomic mass is 10.1. The molecule has 1 heterocycles. The summed E-state index contributed by atoms with van der Waals surface area (Å²) in [6.07, 6.45) is 8.51. The fourth-order valence-electron chi connectivity index (χ4n) is 3.41. The van der Waals surface area contributed by atoms with Gasteiger partial charge in [0, 0.05) is 12.6 Å². The molecule has 0 spiro atoms. The van der Waals surface area contributed by atoms with Crippen molar-refractivity contribution < 1.29 is 0 Å². The number of likely N-dealkylation sites (tertiary alicyclic amines) is 1. The molecule has 2 aliphatic rings. The highest BCUT2D eigenvalue weighted by Crippen LogP contribution is 2.24. The Hall–Kier alpha value is -0.0800. The molecule has 0 bridgehead atoms. The normalized spacial score (nSPS) is 32.8. The Kier molecular flexibility index (Phi) is 5.30. The van der Waals surface area contributed by atoms with Gasteiger partial charge >= 0.3 is 0 Å². The zero-order valence-corrected chi connectivity index (χ0v) is 11.8. The van der Waals surface area contributed by atoms with Crippen molar-refractivity contribution >= 4 is 0 Å². The van der Waals surface area contributed by atoms with Crippen LogP contribution >= 0.6 is 0 Å². The summed E-state index contributed by atoms with van der Waals surface area (Å²) < 4.78 is 0. The van der Waals surface area contributed by atoms with Crippen molar-refractivity contribution in [3.05, 3.63) is 0 Å². The number of rotatable bonds is 5. The Labute approximate surface area is 107 Å². The summed E-state index contributed by atoms with van der Waals surface area (Å²) >= 11 is 0. The van der Waals surface area contributed by atoms with Crippen molar-refractivity contribution in [2.24, 2.45) is 11.8 Å². The molecule has 0 radical (unpaired) electrons. The fraction of sp³-hybridized carbons (Fsp3) is 1.00. The molecule has 0 amide bonds. The maximum absolute atomic E-state index is 3.77. The van der Waals surface area contributed by atoms with E-state index in [4.69, 9.17) is 0 Å². The zero-order chi connectivity index (χ0) is 12.1. The third-order valence-corrected chi connectivity index (χ3v) is 4.47. The van der Waals surface area contributed by atoms with Gasteiger partial charge in [0.2, 0.25) is 0 Å². The first-order chi connectivity index (χ1) is 8.24. The fourth-order valence-corrected chi connectivity index (χ4v) is 3.41. The summed E-state index contributed by atoms with van der Waals surface area (Å²) in [6, 6.07) is 0.814. The maximum atomic E-state index is 3.77. The van der Waals surface area contributed by atoms with Crippen molar-refractivity contribution in [1.29, 1.82) is 0 Å². The van der Waals surface area contributed by atoms with Gasteiger partial charge in [-0.15, -0.1) is 0 Å². The Morgan fingerprint density at radius 2 is 1.94 bits per heavy atom. The van der Waals surface area contributed by atoms with Gasteiger partial charge in [0.15, 0.2) is 0 Å². The Balaban J connectivity index is 1.58. The van der Waals surface area contributed by atoms with Crippen LogP contribution in [0.25, 0.3) is 0 Å². The summed E-state index contributed by atoms with van der Waals surface area (Å²) in [6.45, 7) is 9.98. The van der Waals surface area contributed by atoms with Crippen LogP contribution in [0.5, 0.6) is 0 Å². The van der Waals surface area contributed by atoms with E-state index in [1.165, 1.54) is 64.7 Å². The van der Waals surface area contributed by atoms with Crippen LogP contribution in [-0.4, -0.2) is 37.1 Å². The van der Waals surface area contributed by atoms with Gasteiger partial charge in [-0.25, -0.2) is 0 Å². The van der Waals surface area contributed by atoms with Gasteiger partial charge in [-0.3, -0.25) is 0 Å². The molecule has 17 heavy (non-hydrogen) atoms. The molecule has 1 aliphatic carbocycles. The van der Waals surface area contributed by atoms with Crippen LogP contribution in [0.3, 0.4) is 0 Å². The summed E-state index contributed by atoms with van der Waals surface area (Å²) in [5.41, 5.74) is 0. The molecule has 100 valence electrons. The average Bonchev–Trinajstić information content (AvgIpc) is 2.74. The van der Waals surface area contributed by atoms with E-state index < -0.39 is 0 Å². The molecule has 1 saturated heterocycles.